The summed E-state index contributed by atoms with van der Waals surface area (Å²) >= 11 is 0. The molecule has 1 aromatic heterocycles. The Morgan fingerprint density at radius 1 is 1.00 bits per heavy atom. The summed E-state index contributed by atoms with van der Waals surface area (Å²) in [5.74, 6) is 1.89. The standard InChI is InChI=1S/C17H22N4.ClH/c1-3-20-9-11-21(12-10-20)17-13-16(18-14(2)19-17)15-7-5-4-6-8-15;/h4-8,13H,3,9-12H2,1-2H3;1H. The summed E-state index contributed by atoms with van der Waals surface area (Å²) in [6.45, 7) is 9.62. The van der Waals surface area contributed by atoms with Crippen molar-refractivity contribution in [1.82, 2.24) is 14.9 Å². The lowest BCUT2D eigenvalue weighted by atomic mass is 10.1. The summed E-state index contributed by atoms with van der Waals surface area (Å²) < 4.78 is 0. The Balaban J connectivity index is 0.00000176. The fraction of sp³-hybridized carbons (Fsp3) is 0.412. The van der Waals surface area contributed by atoms with Crippen LogP contribution in [0.25, 0.3) is 11.3 Å². The van der Waals surface area contributed by atoms with Crippen molar-refractivity contribution in [3.8, 4) is 11.3 Å². The molecule has 3 rings (SSSR count). The lowest BCUT2D eigenvalue weighted by Gasteiger charge is -2.34. The molecule has 2 aromatic rings. The van der Waals surface area contributed by atoms with Crippen molar-refractivity contribution in [2.45, 2.75) is 13.8 Å². The van der Waals surface area contributed by atoms with E-state index in [0.29, 0.717) is 0 Å². The van der Waals surface area contributed by atoms with Crippen LogP contribution in [0.5, 0.6) is 0 Å². The number of hydrogen-bond acceptors (Lipinski definition) is 4. The first-order valence-electron chi connectivity index (χ1n) is 7.64. The molecule has 4 nitrogen and oxygen atoms in total. The van der Waals surface area contributed by atoms with Gasteiger partial charge in [0.25, 0.3) is 0 Å². The van der Waals surface area contributed by atoms with Crippen molar-refractivity contribution in [1.29, 1.82) is 0 Å². The summed E-state index contributed by atoms with van der Waals surface area (Å²) in [5.41, 5.74) is 2.16. The number of nitrogens with zero attached hydrogens (tertiary/aromatic N) is 4. The molecule has 1 saturated heterocycles. The van der Waals surface area contributed by atoms with Crippen LogP contribution >= 0.6 is 12.4 Å². The Bertz CT molecular complexity index is 595. The number of likely N-dealkylation sites (N-methyl/N-ethyl adjacent to an activating group) is 1. The second-order valence-electron chi connectivity index (χ2n) is 5.45. The largest absolute Gasteiger partial charge is 0.354 e. The van der Waals surface area contributed by atoms with Gasteiger partial charge < -0.3 is 9.80 Å². The molecular formula is C17H23ClN4. The maximum absolute atomic E-state index is 4.63. The van der Waals surface area contributed by atoms with Gasteiger partial charge in [-0.25, -0.2) is 9.97 Å². The van der Waals surface area contributed by atoms with E-state index in [1.807, 2.05) is 25.1 Å². The molecule has 118 valence electrons. The molecule has 1 aromatic carbocycles. The van der Waals surface area contributed by atoms with Crippen LogP contribution in [0.1, 0.15) is 12.7 Å². The number of rotatable bonds is 3. The third-order valence-electron chi connectivity index (χ3n) is 4.04. The van der Waals surface area contributed by atoms with E-state index >= 15 is 0 Å². The minimum atomic E-state index is 0. The van der Waals surface area contributed by atoms with E-state index in [4.69, 9.17) is 0 Å². The summed E-state index contributed by atoms with van der Waals surface area (Å²) in [6, 6.07) is 12.4. The van der Waals surface area contributed by atoms with Crippen LogP contribution < -0.4 is 4.90 Å². The Morgan fingerprint density at radius 3 is 2.32 bits per heavy atom. The molecule has 5 heteroatoms. The first-order valence-corrected chi connectivity index (χ1v) is 7.64. The normalized spacial score (nSPS) is 15.5. The lowest BCUT2D eigenvalue weighted by Crippen LogP contribution is -2.46. The van der Waals surface area contributed by atoms with Gasteiger partial charge in [0, 0.05) is 37.8 Å². The van der Waals surface area contributed by atoms with Crippen molar-refractivity contribution in [2.24, 2.45) is 0 Å². The average Bonchev–Trinajstić information content (AvgIpc) is 2.55. The monoisotopic (exact) mass is 318 g/mol. The van der Waals surface area contributed by atoms with Gasteiger partial charge in [0.1, 0.15) is 11.6 Å². The number of piperazine rings is 1. The molecule has 0 unspecified atom stereocenters. The summed E-state index contributed by atoms with van der Waals surface area (Å²) in [5, 5.41) is 0. The highest BCUT2D eigenvalue weighted by Gasteiger charge is 2.17. The zero-order chi connectivity index (χ0) is 14.7. The molecule has 0 N–H and O–H groups in total. The fourth-order valence-corrected chi connectivity index (χ4v) is 2.76. The predicted molar refractivity (Wildman–Crippen MR) is 93.8 cm³/mol. The van der Waals surface area contributed by atoms with Crippen LogP contribution in [-0.2, 0) is 0 Å². The number of aromatic nitrogens is 2. The highest BCUT2D eigenvalue weighted by Crippen LogP contribution is 2.22. The van der Waals surface area contributed by atoms with Crippen molar-refractivity contribution in [3.05, 3.63) is 42.2 Å². The van der Waals surface area contributed by atoms with Gasteiger partial charge in [-0.05, 0) is 13.5 Å². The predicted octanol–water partition coefficient (Wildman–Crippen LogP) is 3.02. The van der Waals surface area contributed by atoms with Crippen molar-refractivity contribution >= 4 is 18.2 Å². The SMILES string of the molecule is CCN1CCN(c2cc(-c3ccccc3)nc(C)n2)CC1.Cl. The molecule has 22 heavy (non-hydrogen) atoms. The van der Waals surface area contributed by atoms with E-state index in [-0.39, 0.29) is 12.4 Å². The zero-order valence-corrected chi connectivity index (χ0v) is 14.0. The summed E-state index contributed by atoms with van der Waals surface area (Å²) in [7, 11) is 0. The van der Waals surface area contributed by atoms with Gasteiger partial charge in [-0.1, -0.05) is 37.3 Å². The number of hydrogen-bond donors (Lipinski definition) is 0. The van der Waals surface area contributed by atoms with Gasteiger partial charge in [0.15, 0.2) is 0 Å². The Labute approximate surface area is 138 Å². The molecule has 1 fully saturated rings. The smallest absolute Gasteiger partial charge is 0.132 e. The topological polar surface area (TPSA) is 32.3 Å². The lowest BCUT2D eigenvalue weighted by molar-refractivity contribution is 0.270. The summed E-state index contributed by atoms with van der Waals surface area (Å²) in [4.78, 5) is 14.1. The average molecular weight is 319 g/mol. The van der Waals surface area contributed by atoms with Gasteiger partial charge >= 0.3 is 0 Å². The minimum absolute atomic E-state index is 0. The molecule has 1 aliphatic rings. The van der Waals surface area contributed by atoms with Crippen molar-refractivity contribution in [3.63, 3.8) is 0 Å². The molecule has 2 heterocycles. The van der Waals surface area contributed by atoms with Crippen molar-refractivity contribution in [2.75, 3.05) is 37.6 Å². The molecule has 0 spiro atoms. The third kappa shape index (κ3) is 3.76. The third-order valence-corrected chi connectivity index (χ3v) is 4.04. The quantitative estimate of drug-likeness (QED) is 0.871. The highest BCUT2D eigenvalue weighted by molar-refractivity contribution is 5.85. The van der Waals surface area contributed by atoms with Gasteiger partial charge in [-0.15, -0.1) is 12.4 Å². The minimum Gasteiger partial charge on any atom is -0.354 e. The Kier molecular flexibility index (Phi) is 5.75. The molecule has 1 aliphatic heterocycles. The number of benzene rings is 1. The van der Waals surface area contributed by atoms with Crippen LogP contribution in [0.15, 0.2) is 36.4 Å². The van der Waals surface area contributed by atoms with E-state index in [1.165, 1.54) is 0 Å². The molecule has 0 aliphatic carbocycles. The number of anilines is 1. The van der Waals surface area contributed by atoms with Gasteiger partial charge in [-0.3, -0.25) is 0 Å². The molecular weight excluding hydrogens is 296 g/mol. The highest BCUT2D eigenvalue weighted by atomic mass is 35.5. The van der Waals surface area contributed by atoms with Crippen LogP contribution in [-0.4, -0.2) is 47.6 Å². The van der Waals surface area contributed by atoms with Crippen LogP contribution in [0.4, 0.5) is 5.82 Å². The summed E-state index contributed by atoms with van der Waals surface area (Å²) in [6.07, 6.45) is 0. The van der Waals surface area contributed by atoms with Gasteiger partial charge in [0.05, 0.1) is 5.69 Å². The van der Waals surface area contributed by atoms with Crippen LogP contribution in [0.3, 0.4) is 0 Å². The molecule has 0 saturated carbocycles. The van der Waals surface area contributed by atoms with E-state index in [2.05, 4.69) is 44.9 Å². The molecule has 0 bridgehead atoms. The fourth-order valence-electron chi connectivity index (χ4n) is 2.76. The number of halogens is 1. The maximum atomic E-state index is 4.63. The Morgan fingerprint density at radius 2 is 1.68 bits per heavy atom. The maximum Gasteiger partial charge on any atom is 0.132 e. The van der Waals surface area contributed by atoms with Crippen molar-refractivity contribution < 1.29 is 0 Å². The number of aryl methyl sites for hydroxylation is 1. The van der Waals surface area contributed by atoms with Gasteiger partial charge in [-0.2, -0.15) is 0 Å². The molecule has 0 atom stereocenters. The molecule has 0 radical (unpaired) electrons. The Hall–Kier alpha value is -1.65. The van der Waals surface area contributed by atoms with E-state index < -0.39 is 0 Å². The molecule has 0 amide bonds. The second-order valence-corrected chi connectivity index (χ2v) is 5.45. The zero-order valence-electron chi connectivity index (χ0n) is 13.2. The van der Waals surface area contributed by atoms with Crippen LogP contribution in [0.2, 0.25) is 0 Å². The first-order chi connectivity index (χ1) is 10.3. The van der Waals surface area contributed by atoms with Crippen LogP contribution in [0, 0.1) is 6.92 Å². The van der Waals surface area contributed by atoms with E-state index in [1.54, 1.807) is 0 Å². The van der Waals surface area contributed by atoms with Gasteiger partial charge in [0.2, 0.25) is 0 Å². The van der Waals surface area contributed by atoms with E-state index in [0.717, 1.165) is 55.6 Å². The first kappa shape index (κ1) is 16.7. The van der Waals surface area contributed by atoms with E-state index in [9.17, 15) is 0 Å². The second kappa shape index (κ2) is 7.56.